The van der Waals surface area contributed by atoms with Crippen molar-refractivity contribution in [2.75, 3.05) is 19.0 Å². The van der Waals surface area contributed by atoms with Gasteiger partial charge >= 0.3 is 0 Å². The molecular formula is C16H23N3O. The Bertz CT molecular complexity index is 534. The summed E-state index contributed by atoms with van der Waals surface area (Å²) in [5, 5.41) is 3.38. The molecule has 20 heavy (non-hydrogen) atoms. The largest absolute Gasteiger partial charge is 0.383 e. The Morgan fingerprint density at radius 1 is 1.25 bits per heavy atom. The van der Waals surface area contributed by atoms with Crippen LogP contribution >= 0.6 is 0 Å². The number of methoxy groups -OCH3 is 1. The third kappa shape index (κ3) is 3.39. The molecule has 108 valence electrons. The van der Waals surface area contributed by atoms with Gasteiger partial charge in [0.2, 0.25) is 5.95 Å². The van der Waals surface area contributed by atoms with Gasteiger partial charge in [0, 0.05) is 19.0 Å². The first kappa shape index (κ1) is 14.6. The molecule has 0 radical (unpaired) electrons. The zero-order valence-corrected chi connectivity index (χ0v) is 12.6. The van der Waals surface area contributed by atoms with Gasteiger partial charge < -0.3 is 14.6 Å². The second kappa shape index (κ2) is 6.57. The van der Waals surface area contributed by atoms with Crippen LogP contribution in [0.15, 0.2) is 36.5 Å². The van der Waals surface area contributed by atoms with Crippen molar-refractivity contribution in [1.29, 1.82) is 0 Å². The minimum atomic E-state index is 0.271. The van der Waals surface area contributed by atoms with E-state index in [-0.39, 0.29) is 6.04 Å². The lowest BCUT2D eigenvalue weighted by atomic mass is 10.1. The number of para-hydroxylation sites is 1. The van der Waals surface area contributed by atoms with E-state index in [1.54, 1.807) is 7.11 Å². The van der Waals surface area contributed by atoms with Crippen LogP contribution in [0.2, 0.25) is 0 Å². The predicted molar refractivity (Wildman–Crippen MR) is 82.4 cm³/mol. The highest BCUT2D eigenvalue weighted by Gasteiger charge is 2.19. The lowest BCUT2D eigenvalue weighted by Gasteiger charge is -2.23. The molecule has 4 nitrogen and oxygen atoms in total. The molecule has 0 amide bonds. The normalized spacial score (nSPS) is 12.7. The molecule has 0 bridgehead atoms. The van der Waals surface area contributed by atoms with Crippen LogP contribution in [-0.4, -0.2) is 23.3 Å². The second-order valence-corrected chi connectivity index (χ2v) is 5.37. The van der Waals surface area contributed by atoms with Crippen molar-refractivity contribution in [2.45, 2.75) is 26.8 Å². The smallest absolute Gasteiger partial charge is 0.207 e. The van der Waals surface area contributed by atoms with Gasteiger partial charge in [-0.25, -0.2) is 4.98 Å². The van der Waals surface area contributed by atoms with Crippen LogP contribution in [0.3, 0.4) is 0 Å². The van der Waals surface area contributed by atoms with Crippen LogP contribution in [0.4, 0.5) is 11.6 Å². The number of aromatic nitrogens is 2. The molecule has 2 rings (SSSR count). The highest BCUT2D eigenvalue weighted by molar-refractivity contribution is 5.53. The van der Waals surface area contributed by atoms with Crippen LogP contribution in [0.5, 0.6) is 0 Å². The molecule has 0 saturated heterocycles. The molecule has 2 aromatic rings. The fraction of sp³-hybridized carbons (Fsp3) is 0.438. The average Bonchev–Trinajstić information content (AvgIpc) is 2.77. The van der Waals surface area contributed by atoms with Gasteiger partial charge in [-0.3, -0.25) is 0 Å². The average molecular weight is 273 g/mol. The monoisotopic (exact) mass is 273 g/mol. The van der Waals surface area contributed by atoms with Gasteiger partial charge in [-0.05, 0) is 25.0 Å². The van der Waals surface area contributed by atoms with Crippen molar-refractivity contribution in [2.24, 2.45) is 5.92 Å². The number of aryl methyl sites for hydroxylation is 1. The third-order valence-corrected chi connectivity index (χ3v) is 3.35. The number of hydrogen-bond donors (Lipinski definition) is 1. The van der Waals surface area contributed by atoms with Crippen LogP contribution in [-0.2, 0) is 4.74 Å². The first-order chi connectivity index (χ1) is 9.61. The van der Waals surface area contributed by atoms with Gasteiger partial charge in [0.05, 0.1) is 18.3 Å². The first-order valence-corrected chi connectivity index (χ1v) is 6.98. The van der Waals surface area contributed by atoms with Crippen LogP contribution in [0.1, 0.15) is 25.6 Å². The summed E-state index contributed by atoms with van der Waals surface area (Å²) in [5.41, 5.74) is 2.05. The summed E-state index contributed by atoms with van der Waals surface area (Å²) in [4.78, 5) is 4.59. The summed E-state index contributed by atoms with van der Waals surface area (Å²) in [6.07, 6.45) is 2.08. The van der Waals surface area contributed by atoms with Crippen molar-refractivity contribution in [3.05, 3.63) is 42.2 Å². The summed E-state index contributed by atoms with van der Waals surface area (Å²) >= 11 is 0. The predicted octanol–water partition coefficient (Wildman–Crippen LogP) is 3.78. The maximum atomic E-state index is 5.36. The molecule has 0 aliphatic heterocycles. The Morgan fingerprint density at radius 2 is 1.95 bits per heavy atom. The van der Waals surface area contributed by atoms with Gasteiger partial charge in [0.25, 0.3) is 0 Å². The Labute approximate surface area is 120 Å². The topological polar surface area (TPSA) is 39.1 Å². The van der Waals surface area contributed by atoms with E-state index in [2.05, 4.69) is 34.9 Å². The summed E-state index contributed by atoms with van der Waals surface area (Å²) in [6, 6.07) is 10.4. The number of nitrogens with one attached hydrogen (secondary N) is 1. The highest BCUT2D eigenvalue weighted by atomic mass is 16.5. The van der Waals surface area contributed by atoms with E-state index in [1.807, 2.05) is 37.3 Å². The summed E-state index contributed by atoms with van der Waals surface area (Å²) in [6.45, 7) is 7.09. The summed E-state index contributed by atoms with van der Waals surface area (Å²) in [7, 11) is 1.74. The molecule has 0 spiro atoms. The zero-order chi connectivity index (χ0) is 14.5. The maximum absolute atomic E-state index is 5.36. The maximum Gasteiger partial charge on any atom is 0.207 e. The number of ether oxygens (including phenoxy) is 1. The minimum absolute atomic E-state index is 0.271. The van der Waals surface area contributed by atoms with E-state index in [9.17, 15) is 0 Å². The minimum Gasteiger partial charge on any atom is -0.383 e. The van der Waals surface area contributed by atoms with Gasteiger partial charge in [-0.2, -0.15) is 0 Å². The molecule has 0 saturated carbocycles. The van der Waals surface area contributed by atoms with Gasteiger partial charge in [-0.1, -0.05) is 32.0 Å². The fourth-order valence-electron chi connectivity index (χ4n) is 2.28. The van der Waals surface area contributed by atoms with Gasteiger partial charge in [0.15, 0.2) is 0 Å². The molecule has 1 atom stereocenters. The van der Waals surface area contributed by atoms with Gasteiger partial charge in [-0.15, -0.1) is 0 Å². The Morgan fingerprint density at radius 3 is 2.55 bits per heavy atom. The molecule has 0 fully saturated rings. The molecular weight excluding hydrogens is 250 g/mol. The summed E-state index contributed by atoms with van der Waals surface area (Å²) in [5.74, 6) is 1.34. The lowest BCUT2D eigenvalue weighted by molar-refractivity contribution is 0.134. The van der Waals surface area contributed by atoms with Crippen molar-refractivity contribution < 1.29 is 4.74 Å². The highest BCUT2D eigenvalue weighted by Crippen LogP contribution is 2.25. The quantitative estimate of drug-likeness (QED) is 0.870. The number of hydrogen-bond acceptors (Lipinski definition) is 3. The molecule has 0 aliphatic carbocycles. The Hall–Kier alpha value is -1.81. The number of nitrogens with zero attached hydrogens (tertiary/aromatic N) is 2. The molecule has 1 aromatic carbocycles. The van der Waals surface area contributed by atoms with Gasteiger partial charge in [0.1, 0.15) is 0 Å². The van der Waals surface area contributed by atoms with E-state index < -0.39 is 0 Å². The van der Waals surface area contributed by atoms with E-state index >= 15 is 0 Å². The van der Waals surface area contributed by atoms with Crippen molar-refractivity contribution in [3.8, 4) is 0 Å². The molecule has 1 heterocycles. The second-order valence-electron chi connectivity index (χ2n) is 5.37. The van der Waals surface area contributed by atoms with E-state index in [4.69, 9.17) is 4.74 Å². The summed E-state index contributed by atoms with van der Waals surface area (Å²) < 4.78 is 7.53. The molecule has 1 N–H and O–H groups in total. The number of imidazole rings is 1. The van der Waals surface area contributed by atoms with Crippen molar-refractivity contribution in [3.63, 3.8) is 0 Å². The van der Waals surface area contributed by atoms with Crippen LogP contribution in [0, 0.1) is 12.8 Å². The lowest BCUT2D eigenvalue weighted by Crippen LogP contribution is -2.21. The SMILES string of the molecule is COCC(C(C)C)n1cc(C)nc1Nc1ccccc1. The number of benzene rings is 1. The molecule has 1 unspecified atom stereocenters. The standard InChI is InChI=1S/C16H23N3O/c1-12(2)15(11-20-4)19-10-13(3)17-16(19)18-14-8-6-5-7-9-14/h5-10,12,15H,11H2,1-4H3,(H,17,18). The van der Waals surface area contributed by atoms with Crippen molar-refractivity contribution >= 4 is 11.6 Å². The number of anilines is 2. The first-order valence-electron chi connectivity index (χ1n) is 6.98. The number of rotatable bonds is 6. The molecule has 1 aromatic heterocycles. The molecule has 4 heteroatoms. The van der Waals surface area contributed by atoms with Crippen LogP contribution in [0.25, 0.3) is 0 Å². The molecule has 0 aliphatic rings. The van der Waals surface area contributed by atoms with Crippen LogP contribution < -0.4 is 5.32 Å². The van der Waals surface area contributed by atoms with E-state index in [0.717, 1.165) is 17.3 Å². The van der Waals surface area contributed by atoms with E-state index in [1.165, 1.54) is 0 Å². The zero-order valence-electron chi connectivity index (χ0n) is 12.6. The Kier molecular flexibility index (Phi) is 4.79. The Balaban J connectivity index is 2.29. The van der Waals surface area contributed by atoms with Crippen molar-refractivity contribution in [1.82, 2.24) is 9.55 Å². The third-order valence-electron chi connectivity index (χ3n) is 3.35. The van der Waals surface area contributed by atoms with E-state index in [0.29, 0.717) is 12.5 Å². The fourth-order valence-corrected chi connectivity index (χ4v) is 2.28.